The first-order valence-corrected chi connectivity index (χ1v) is 11.6. The summed E-state index contributed by atoms with van der Waals surface area (Å²) in [5.41, 5.74) is 3.46. The number of anilines is 2. The lowest BCUT2D eigenvalue weighted by atomic mass is 10.2. The Bertz CT molecular complexity index is 1200. The SMILES string of the molecule is C(=C\c1ccccc1)/CN1CCN(c2nc(NCc3ccccc3)c3ccccc3n2)CC1. The number of aromatic nitrogens is 2. The fraction of sp³-hybridized carbons (Fsp3) is 0.214. The van der Waals surface area contributed by atoms with Crippen LogP contribution in [0.4, 0.5) is 11.8 Å². The van der Waals surface area contributed by atoms with Crippen molar-refractivity contribution in [2.75, 3.05) is 42.9 Å². The Balaban J connectivity index is 1.25. The Labute approximate surface area is 195 Å². The molecule has 0 saturated carbocycles. The monoisotopic (exact) mass is 435 g/mol. The van der Waals surface area contributed by atoms with Crippen LogP contribution in [-0.4, -0.2) is 47.6 Å². The molecule has 166 valence electrons. The molecule has 0 aliphatic carbocycles. The molecule has 1 aromatic heterocycles. The van der Waals surface area contributed by atoms with Gasteiger partial charge in [-0.2, -0.15) is 4.98 Å². The molecule has 1 fully saturated rings. The lowest BCUT2D eigenvalue weighted by molar-refractivity contribution is 0.283. The van der Waals surface area contributed by atoms with Gasteiger partial charge in [-0.3, -0.25) is 4.90 Å². The molecule has 1 N–H and O–H groups in total. The number of hydrogen-bond acceptors (Lipinski definition) is 5. The molecular weight excluding hydrogens is 406 g/mol. The van der Waals surface area contributed by atoms with Crippen molar-refractivity contribution >= 4 is 28.7 Å². The molecule has 0 atom stereocenters. The van der Waals surface area contributed by atoms with E-state index in [1.807, 2.05) is 24.3 Å². The summed E-state index contributed by atoms with van der Waals surface area (Å²) >= 11 is 0. The second-order valence-corrected chi connectivity index (χ2v) is 8.33. The first kappa shape index (κ1) is 21.2. The zero-order chi connectivity index (χ0) is 22.3. The van der Waals surface area contributed by atoms with Crippen LogP contribution in [0.3, 0.4) is 0 Å². The van der Waals surface area contributed by atoms with E-state index in [0.29, 0.717) is 0 Å². The number of nitrogens with zero attached hydrogens (tertiary/aromatic N) is 4. The minimum absolute atomic E-state index is 0.739. The summed E-state index contributed by atoms with van der Waals surface area (Å²) in [6, 6.07) is 29.1. The minimum atomic E-state index is 0.739. The maximum Gasteiger partial charge on any atom is 0.227 e. The second kappa shape index (κ2) is 10.3. The van der Waals surface area contributed by atoms with Crippen molar-refractivity contribution < 1.29 is 0 Å². The molecule has 5 nitrogen and oxygen atoms in total. The fourth-order valence-electron chi connectivity index (χ4n) is 4.15. The molecule has 1 saturated heterocycles. The van der Waals surface area contributed by atoms with E-state index in [1.165, 1.54) is 11.1 Å². The van der Waals surface area contributed by atoms with E-state index in [0.717, 1.165) is 61.9 Å². The van der Waals surface area contributed by atoms with Gasteiger partial charge in [0.05, 0.1) is 5.52 Å². The first-order chi connectivity index (χ1) is 16.3. The van der Waals surface area contributed by atoms with Crippen LogP contribution in [0.25, 0.3) is 17.0 Å². The van der Waals surface area contributed by atoms with Crippen molar-refractivity contribution in [2.45, 2.75) is 6.54 Å². The van der Waals surface area contributed by atoms with E-state index < -0.39 is 0 Å². The van der Waals surface area contributed by atoms with E-state index >= 15 is 0 Å². The van der Waals surface area contributed by atoms with Gasteiger partial charge in [0.2, 0.25) is 5.95 Å². The lowest BCUT2D eigenvalue weighted by Crippen LogP contribution is -2.47. The molecule has 1 aliphatic rings. The van der Waals surface area contributed by atoms with Crippen LogP contribution in [0.1, 0.15) is 11.1 Å². The molecule has 0 unspecified atom stereocenters. The Morgan fingerprint density at radius 3 is 2.24 bits per heavy atom. The summed E-state index contributed by atoms with van der Waals surface area (Å²) in [6.45, 7) is 5.56. The minimum Gasteiger partial charge on any atom is -0.365 e. The first-order valence-electron chi connectivity index (χ1n) is 11.6. The summed E-state index contributed by atoms with van der Waals surface area (Å²) in [5, 5.41) is 4.60. The van der Waals surface area contributed by atoms with E-state index in [-0.39, 0.29) is 0 Å². The molecule has 0 spiro atoms. The highest BCUT2D eigenvalue weighted by Gasteiger charge is 2.19. The molecule has 33 heavy (non-hydrogen) atoms. The molecule has 0 bridgehead atoms. The van der Waals surface area contributed by atoms with Gasteiger partial charge in [0.15, 0.2) is 0 Å². The summed E-state index contributed by atoms with van der Waals surface area (Å²) in [6.07, 6.45) is 4.45. The number of fused-ring (bicyclic) bond motifs is 1. The number of benzene rings is 3. The molecule has 4 aromatic rings. The molecule has 5 rings (SSSR count). The maximum absolute atomic E-state index is 4.94. The topological polar surface area (TPSA) is 44.3 Å². The van der Waals surface area contributed by atoms with Crippen molar-refractivity contribution in [1.82, 2.24) is 14.9 Å². The summed E-state index contributed by atoms with van der Waals surface area (Å²) in [5.74, 6) is 1.71. The molecule has 2 heterocycles. The third kappa shape index (κ3) is 5.38. The van der Waals surface area contributed by atoms with Crippen LogP contribution < -0.4 is 10.2 Å². The van der Waals surface area contributed by atoms with Gasteiger partial charge in [-0.05, 0) is 23.3 Å². The number of rotatable bonds is 7. The van der Waals surface area contributed by atoms with Crippen LogP contribution in [0, 0.1) is 0 Å². The van der Waals surface area contributed by atoms with Crippen molar-refractivity contribution in [1.29, 1.82) is 0 Å². The van der Waals surface area contributed by atoms with Gasteiger partial charge >= 0.3 is 0 Å². The van der Waals surface area contributed by atoms with Gasteiger partial charge in [-0.15, -0.1) is 0 Å². The number of piperazine rings is 1. The van der Waals surface area contributed by atoms with Crippen LogP contribution in [0.5, 0.6) is 0 Å². The molecule has 5 heteroatoms. The van der Waals surface area contributed by atoms with E-state index in [4.69, 9.17) is 9.97 Å². The second-order valence-electron chi connectivity index (χ2n) is 8.33. The smallest absolute Gasteiger partial charge is 0.227 e. The zero-order valence-electron chi connectivity index (χ0n) is 18.8. The third-order valence-corrected chi connectivity index (χ3v) is 6.02. The lowest BCUT2D eigenvalue weighted by Gasteiger charge is -2.34. The van der Waals surface area contributed by atoms with Crippen molar-refractivity contribution in [3.8, 4) is 0 Å². The van der Waals surface area contributed by atoms with E-state index in [2.05, 4.69) is 87.9 Å². The van der Waals surface area contributed by atoms with Gasteiger partial charge in [-0.25, -0.2) is 4.98 Å². The number of hydrogen-bond donors (Lipinski definition) is 1. The average Bonchev–Trinajstić information content (AvgIpc) is 2.89. The average molecular weight is 436 g/mol. The van der Waals surface area contributed by atoms with Crippen LogP contribution >= 0.6 is 0 Å². The number of para-hydroxylation sites is 1. The molecule has 0 radical (unpaired) electrons. The maximum atomic E-state index is 4.94. The van der Waals surface area contributed by atoms with Crippen LogP contribution in [0.15, 0.2) is 91.0 Å². The standard InChI is InChI=1S/C28H29N5/c1-3-10-23(11-4-1)14-9-17-32-18-20-33(21-19-32)28-30-26-16-8-7-15-25(26)27(31-28)29-22-24-12-5-2-6-13-24/h1-16H,17-22H2,(H,29,30,31)/b14-9+. The Morgan fingerprint density at radius 2 is 1.45 bits per heavy atom. The molecular formula is C28H29N5. The van der Waals surface area contributed by atoms with Gasteiger partial charge in [-0.1, -0.05) is 84.9 Å². The Hall–Kier alpha value is -3.70. The van der Waals surface area contributed by atoms with Crippen molar-refractivity contribution in [3.63, 3.8) is 0 Å². The largest absolute Gasteiger partial charge is 0.365 e. The summed E-state index contributed by atoms with van der Waals surface area (Å²) in [4.78, 5) is 14.6. The summed E-state index contributed by atoms with van der Waals surface area (Å²) < 4.78 is 0. The quantitative estimate of drug-likeness (QED) is 0.439. The van der Waals surface area contributed by atoms with Gasteiger partial charge in [0.1, 0.15) is 5.82 Å². The van der Waals surface area contributed by atoms with E-state index in [1.54, 1.807) is 0 Å². The highest BCUT2D eigenvalue weighted by atomic mass is 15.3. The Morgan fingerprint density at radius 1 is 0.758 bits per heavy atom. The van der Waals surface area contributed by atoms with E-state index in [9.17, 15) is 0 Å². The third-order valence-electron chi connectivity index (χ3n) is 6.02. The predicted octanol–water partition coefficient (Wildman–Crippen LogP) is 5.08. The molecule has 3 aromatic carbocycles. The highest BCUT2D eigenvalue weighted by Crippen LogP contribution is 2.24. The van der Waals surface area contributed by atoms with Gasteiger partial charge < -0.3 is 10.2 Å². The predicted molar refractivity (Wildman–Crippen MR) is 137 cm³/mol. The fourth-order valence-corrected chi connectivity index (χ4v) is 4.15. The van der Waals surface area contributed by atoms with Crippen LogP contribution in [-0.2, 0) is 6.54 Å². The zero-order valence-corrected chi connectivity index (χ0v) is 18.8. The van der Waals surface area contributed by atoms with Gasteiger partial charge in [0.25, 0.3) is 0 Å². The highest BCUT2D eigenvalue weighted by molar-refractivity contribution is 5.90. The van der Waals surface area contributed by atoms with Crippen LogP contribution in [0.2, 0.25) is 0 Å². The normalized spacial score (nSPS) is 14.7. The Kier molecular flexibility index (Phi) is 6.59. The summed E-state index contributed by atoms with van der Waals surface area (Å²) in [7, 11) is 0. The number of nitrogens with one attached hydrogen (secondary N) is 1. The molecule has 0 amide bonds. The van der Waals surface area contributed by atoms with Gasteiger partial charge in [0, 0.05) is 44.7 Å². The van der Waals surface area contributed by atoms with Crippen molar-refractivity contribution in [3.05, 3.63) is 102 Å². The molecule has 1 aliphatic heterocycles. The van der Waals surface area contributed by atoms with Crippen molar-refractivity contribution in [2.24, 2.45) is 0 Å².